The fourth-order valence-electron chi connectivity index (χ4n) is 1.01. The standard InChI is InChI=1S/C7H5NO3S/c1-3-2-12-5-4(3)8-7(10)11-6(5)9/h2H,1H3,(H,8,10). The highest BCUT2D eigenvalue weighted by atomic mass is 32.1. The summed E-state index contributed by atoms with van der Waals surface area (Å²) in [5.41, 5.74) is 0.910. The summed E-state index contributed by atoms with van der Waals surface area (Å²) in [6.45, 7) is 1.83. The van der Waals surface area contributed by atoms with Crippen LogP contribution in [-0.4, -0.2) is 4.98 Å². The molecule has 1 N–H and O–H groups in total. The minimum Gasteiger partial charge on any atom is -0.372 e. The summed E-state index contributed by atoms with van der Waals surface area (Å²) in [4.78, 5) is 24.2. The first-order chi connectivity index (χ1) is 5.68. The lowest BCUT2D eigenvalue weighted by atomic mass is 10.3. The van der Waals surface area contributed by atoms with Crippen molar-refractivity contribution in [3.05, 3.63) is 31.9 Å². The number of aromatic nitrogens is 1. The highest BCUT2D eigenvalue weighted by Gasteiger charge is 2.06. The molecule has 12 heavy (non-hydrogen) atoms. The lowest BCUT2D eigenvalue weighted by Gasteiger charge is -1.86. The van der Waals surface area contributed by atoms with Gasteiger partial charge in [-0.05, 0) is 17.9 Å². The van der Waals surface area contributed by atoms with Crippen LogP contribution in [-0.2, 0) is 0 Å². The molecule has 0 radical (unpaired) electrons. The largest absolute Gasteiger partial charge is 0.419 e. The zero-order valence-corrected chi connectivity index (χ0v) is 7.03. The molecule has 2 aromatic heterocycles. The number of H-pyrrole nitrogens is 1. The van der Waals surface area contributed by atoms with Crippen molar-refractivity contribution in [3.63, 3.8) is 0 Å². The van der Waals surface area contributed by atoms with Gasteiger partial charge in [-0.2, -0.15) is 0 Å². The van der Waals surface area contributed by atoms with Crippen molar-refractivity contribution in [2.24, 2.45) is 0 Å². The van der Waals surface area contributed by atoms with Gasteiger partial charge in [-0.15, -0.1) is 11.3 Å². The second kappa shape index (κ2) is 2.31. The monoisotopic (exact) mass is 183 g/mol. The van der Waals surface area contributed by atoms with Gasteiger partial charge in [-0.3, -0.25) is 4.98 Å². The Labute approximate surface area is 70.5 Å². The number of rotatable bonds is 0. The fraction of sp³-hybridized carbons (Fsp3) is 0.143. The number of aromatic amines is 1. The van der Waals surface area contributed by atoms with Gasteiger partial charge in [0.05, 0.1) is 5.52 Å². The second-order valence-corrected chi connectivity index (χ2v) is 3.30. The van der Waals surface area contributed by atoms with Crippen LogP contribution in [0.4, 0.5) is 0 Å². The molecule has 0 atom stereocenters. The van der Waals surface area contributed by atoms with E-state index in [1.165, 1.54) is 11.3 Å². The van der Waals surface area contributed by atoms with E-state index in [1.54, 1.807) is 5.38 Å². The molecule has 0 saturated carbocycles. The third-order valence-corrected chi connectivity index (χ3v) is 2.65. The van der Waals surface area contributed by atoms with E-state index in [2.05, 4.69) is 9.40 Å². The summed E-state index contributed by atoms with van der Waals surface area (Å²) in [7, 11) is 0. The molecule has 0 fully saturated rings. The number of hydrogen-bond donors (Lipinski definition) is 1. The van der Waals surface area contributed by atoms with Crippen LogP contribution in [0.2, 0.25) is 0 Å². The van der Waals surface area contributed by atoms with Crippen molar-refractivity contribution in [1.82, 2.24) is 4.98 Å². The molecule has 2 aromatic rings. The molecule has 0 unspecified atom stereocenters. The third kappa shape index (κ3) is 0.902. The average molecular weight is 183 g/mol. The van der Waals surface area contributed by atoms with E-state index in [0.717, 1.165) is 5.56 Å². The van der Waals surface area contributed by atoms with Crippen molar-refractivity contribution in [3.8, 4) is 0 Å². The molecule has 0 aliphatic rings. The van der Waals surface area contributed by atoms with E-state index >= 15 is 0 Å². The van der Waals surface area contributed by atoms with Gasteiger partial charge in [0.25, 0.3) is 0 Å². The summed E-state index contributed by atoms with van der Waals surface area (Å²) >= 11 is 1.27. The lowest BCUT2D eigenvalue weighted by Crippen LogP contribution is -2.13. The Kier molecular flexibility index (Phi) is 1.41. The average Bonchev–Trinajstić information content (AvgIpc) is 2.33. The summed E-state index contributed by atoms with van der Waals surface area (Å²) in [5, 5.41) is 1.80. The van der Waals surface area contributed by atoms with Gasteiger partial charge >= 0.3 is 11.4 Å². The van der Waals surface area contributed by atoms with Crippen LogP contribution in [0.15, 0.2) is 19.4 Å². The van der Waals surface area contributed by atoms with Crippen LogP contribution in [0.1, 0.15) is 5.56 Å². The van der Waals surface area contributed by atoms with Gasteiger partial charge in [0.1, 0.15) is 4.70 Å². The Morgan fingerprint density at radius 1 is 1.50 bits per heavy atom. The van der Waals surface area contributed by atoms with E-state index < -0.39 is 11.4 Å². The minimum absolute atomic E-state index is 0.465. The quantitative estimate of drug-likeness (QED) is 0.658. The van der Waals surface area contributed by atoms with Crippen molar-refractivity contribution in [2.45, 2.75) is 6.92 Å². The van der Waals surface area contributed by atoms with Crippen molar-refractivity contribution in [1.29, 1.82) is 0 Å². The van der Waals surface area contributed by atoms with Crippen LogP contribution in [0.5, 0.6) is 0 Å². The first-order valence-corrected chi connectivity index (χ1v) is 4.17. The zero-order chi connectivity index (χ0) is 8.72. The van der Waals surface area contributed by atoms with E-state index in [0.29, 0.717) is 10.2 Å². The third-order valence-electron chi connectivity index (χ3n) is 1.57. The first kappa shape index (κ1) is 7.30. The molecule has 0 aliphatic heterocycles. The smallest absolute Gasteiger partial charge is 0.372 e. The van der Waals surface area contributed by atoms with E-state index in [1.807, 2.05) is 6.92 Å². The molecular weight excluding hydrogens is 178 g/mol. The summed E-state index contributed by atoms with van der Waals surface area (Å²) in [5.74, 6) is -0.700. The second-order valence-electron chi connectivity index (χ2n) is 2.42. The molecule has 62 valence electrons. The molecule has 0 aromatic carbocycles. The Bertz CT molecular complexity index is 533. The topological polar surface area (TPSA) is 63.1 Å². The molecule has 0 spiro atoms. The van der Waals surface area contributed by atoms with Gasteiger partial charge in [0, 0.05) is 0 Å². The molecule has 5 heteroatoms. The number of thiophene rings is 1. The normalized spacial score (nSPS) is 10.8. The molecule has 2 heterocycles. The maximum absolute atomic E-state index is 11.0. The molecule has 0 amide bonds. The van der Waals surface area contributed by atoms with Crippen LogP contribution in [0, 0.1) is 6.92 Å². The Morgan fingerprint density at radius 3 is 3.00 bits per heavy atom. The number of fused-ring (bicyclic) bond motifs is 1. The van der Waals surface area contributed by atoms with E-state index in [4.69, 9.17) is 0 Å². The fourth-order valence-corrected chi connectivity index (χ4v) is 1.89. The van der Waals surface area contributed by atoms with Crippen LogP contribution >= 0.6 is 11.3 Å². The Morgan fingerprint density at radius 2 is 2.25 bits per heavy atom. The number of aryl methyl sites for hydroxylation is 1. The van der Waals surface area contributed by atoms with Gasteiger partial charge in [0.2, 0.25) is 0 Å². The maximum atomic E-state index is 11.0. The van der Waals surface area contributed by atoms with Gasteiger partial charge < -0.3 is 4.42 Å². The van der Waals surface area contributed by atoms with Crippen molar-refractivity contribution in [2.75, 3.05) is 0 Å². The summed E-state index contributed by atoms with van der Waals surface area (Å²) < 4.78 is 4.81. The SMILES string of the molecule is Cc1csc2c(=O)oc(=O)[nH]c12. The van der Waals surface area contributed by atoms with Crippen molar-refractivity contribution < 1.29 is 4.42 Å². The van der Waals surface area contributed by atoms with Crippen LogP contribution in [0.25, 0.3) is 10.2 Å². The van der Waals surface area contributed by atoms with Crippen molar-refractivity contribution >= 4 is 21.6 Å². The summed E-state index contributed by atoms with van der Waals surface area (Å²) in [6, 6.07) is 0. The molecule has 4 nitrogen and oxygen atoms in total. The first-order valence-electron chi connectivity index (χ1n) is 3.29. The number of nitrogens with one attached hydrogen (secondary N) is 1. The molecule has 0 aliphatic carbocycles. The minimum atomic E-state index is -0.700. The molecule has 0 saturated heterocycles. The van der Waals surface area contributed by atoms with Crippen LogP contribution in [0.3, 0.4) is 0 Å². The Balaban J connectivity index is 3.13. The Hall–Kier alpha value is -1.36. The number of hydrogen-bond acceptors (Lipinski definition) is 4. The molecule has 2 rings (SSSR count). The highest BCUT2D eigenvalue weighted by molar-refractivity contribution is 7.17. The lowest BCUT2D eigenvalue weighted by molar-refractivity contribution is 0.461. The van der Waals surface area contributed by atoms with E-state index in [-0.39, 0.29) is 0 Å². The zero-order valence-electron chi connectivity index (χ0n) is 6.21. The predicted molar refractivity (Wildman–Crippen MR) is 45.7 cm³/mol. The summed E-state index contributed by atoms with van der Waals surface area (Å²) in [6.07, 6.45) is 0. The van der Waals surface area contributed by atoms with Gasteiger partial charge in [-0.1, -0.05) is 0 Å². The van der Waals surface area contributed by atoms with Gasteiger partial charge in [0.15, 0.2) is 0 Å². The maximum Gasteiger partial charge on any atom is 0.419 e. The highest BCUT2D eigenvalue weighted by Crippen LogP contribution is 2.17. The van der Waals surface area contributed by atoms with E-state index in [9.17, 15) is 9.59 Å². The predicted octanol–water partition coefficient (Wildman–Crippen LogP) is 0.851. The molecule has 0 bridgehead atoms. The van der Waals surface area contributed by atoms with Crippen LogP contribution < -0.4 is 11.4 Å². The van der Waals surface area contributed by atoms with Gasteiger partial charge in [-0.25, -0.2) is 9.59 Å². The molecular formula is C7H5NO3S.